The van der Waals surface area contributed by atoms with Crippen LogP contribution in [-0.2, 0) is 16.6 Å². The topological polar surface area (TPSA) is 137 Å². The molecule has 0 saturated carbocycles. The Hall–Kier alpha value is -2.82. The molecule has 0 saturated heterocycles. The smallest absolute Gasteiger partial charge is 0.326 e. The fourth-order valence-electron chi connectivity index (χ4n) is 2.02. The third kappa shape index (κ3) is 4.23. The molecule has 0 bridgehead atoms. The molecule has 0 atom stereocenters. The van der Waals surface area contributed by atoms with Crippen LogP contribution in [0.5, 0.6) is 17.5 Å². The second-order valence-corrected chi connectivity index (χ2v) is 7.32. The Morgan fingerprint density at radius 3 is 2.46 bits per heavy atom. The Balaban J connectivity index is 1.69. The number of sulfonamides is 1. The van der Waals surface area contributed by atoms with Crippen molar-refractivity contribution in [2.45, 2.75) is 11.4 Å². The van der Waals surface area contributed by atoms with Gasteiger partial charge in [-0.25, -0.2) is 22.9 Å². The number of hydrogen-bond acceptors (Lipinski definition) is 6. The molecular weight excluding hydrogens is 384 g/mol. The first kappa shape index (κ1) is 18.0. The number of ether oxygens (including phenoxy) is 1. The van der Waals surface area contributed by atoms with Gasteiger partial charge in [-0.2, -0.15) is 0 Å². The first-order chi connectivity index (χ1) is 12.3. The summed E-state index contributed by atoms with van der Waals surface area (Å²) in [7, 11) is -3.85. The molecule has 2 heterocycles. The van der Waals surface area contributed by atoms with Gasteiger partial charge >= 0.3 is 5.69 Å². The lowest BCUT2D eigenvalue weighted by Gasteiger charge is -2.08. The molecule has 1 aromatic carbocycles. The Labute approximate surface area is 152 Å². The standard InChI is InChI=1S/C15H13ClN4O5S/c16-9-1-6-13(17-7-9)25-10-2-4-11(5-3-10)26(23,24)18-8-12-14(21)20-15(22)19-12/h1-7,18,21H,8H2,(H2,19,20,22). The van der Waals surface area contributed by atoms with E-state index in [4.69, 9.17) is 16.3 Å². The maximum Gasteiger partial charge on any atom is 0.326 e. The number of halogens is 1. The summed E-state index contributed by atoms with van der Waals surface area (Å²) in [5, 5.41) is 9.91. The highest BCUT2D eigenvalue weighted by Gasteiger charge is 2.16. The summed E-state index contributed by atoms with van der Waals surface area (Å²) in [5.41, 5.74) is -0.596. The molecule has 11 heteroatoms. The molecule has 3 aromatic rings. The molecule has 9 nitrogen and oxygen atoms in total. The van der Waals surface area contributed by atoms with E-state index in [1.807, 2.05) is 0 Å². The number of nitrogens with zero attached hydrogens (tertiary/aromatic N) is 1. The lowest BCUT2D eigenvalue weighted by atomic mass is 10.3. The van der Waals surface area contributed by atoms with Crippen LogP contribution in [0.15, 0.2) is 52.3 Å². The van der Waals surface area contributed by atoms with Crippen LogP contribution in [0.1, 0.15) is 5.69 Å². The van der Waals surface area contributed by atoms with Gasteiger partial charge in [-0.1, -0.05) is 11.6 Å². The molecular formula is C15H13ClN4O5S. The average molecular weight is 397 g/mol. The van der Waals surface area contributed by atoms with E-state index in [2.05, 4.69) is 19.7 Å². The van der Waals surface area contributed by atoms with E-state index in [1.165, 1.54) is 30.5 Å². The van der Waals surface area contributed by atoms with Crippen molar-refractivity contribution in [2.24, 2.45) is 0 Å². The number of aromatic hydroxyl groups is 1. The number of aromatic amines is 2. The second kappa shape index (κ2) is 7.20. The van der Waals surface area contributed by atoms with Gasteiger partial charge in [-0.05, 0) is 30.3 Å². The van der Waals surface area contributed by atoms with Crippen molar-refractivity contribution in [2.75, 3.05) is 0 Å². The van der Waals surface area contributed by atoms with Gasteiger partial charge < -0.3 is 14.8 Å². The normalized spacial score (nSPS) is 11.4. The van der Waals surface area contributed by atoms with Gasteiger partial charge in [0.1, 0.15) is 5.75 Å². The van der Waals surface area contributed by atoms with E-state index >= 15 is 0 Å². The van der Waals surface area contributed by atoms with E-state index in [0.29, 0.717) is 16.7 Å². The summed E-state index contributed by atoms with van der Waals surface area (Å²) < 4.78 is 32.3. The molecule has 0 unspecified atom stereocenters. The van der Waals surface area contributed by atoms with Crippen molar-refractivity contribution in [1.29, 1.82) is 0 Å². The number of imidazole rings is 1. The molecule has 26 heavy (non-hydrogen) atoms. The number of rotatable bonds is 6. The van der Waals surface area contributed by atoms with Gasteiger partial charge in [-0.3, -0.25) is 4.98 Å². The van der Waals surface area contributed by atoms with Gasteiger partial charge in [-0.15, -0.1) is 0 Å². The highest BCUT2D eigenvalue weighted by Crippen LogP contribution is 2.22. The molecule has 0 aliphatic rings. The SMILES string of the molecule is O=c1[nH]c(O)c(CNS(=O)(=O)c2ccc(Oc3ccc(Cl)cn3)cc2)[nH]1. The van der Waals surface area contributed by atoms with Gasteiger partial charge in [0.05, 0.1) is 22.2 Å². The van der Waals surface area contributed by atoms with Gasteiger partial charge in [0.2, 0.25) is 21.8 Å². The van der Waals surface area contributed by atoms with Crippen LogP contribution < -0.4 is 15.1 Å². The molecule has 0 amide bonds. The zero-order valence-electron chi connectivity index (χ0n) is 13.1. The summed E-state index contributed by atoms with van der Waals surface area (Å²) >= 11 is 5.74. The first-order valence-corrected chi connectivity index (χ1v) is 9.09. The van der Waals surface area contributed by atoms with Crippen molar-refractivity contribution < 1.29 is 18.3 Å². The van der Waals surface area contributed by atoms with Crippen molar-refractivity contribution in [3.8, 4) is 17.5 Å². The molecule has 0 aliphatic heterocycles. The second-order valence-electron chi connectivity index (χ2n) is 5.12. The Morgan fingerprint density at radius 2 is 1.88 bits per heavy atom. The molecule has 0 fully saturated rings. The van der Waals surface area contributed by atoms with E-state index < -0.39 is 21.6 Å². The quantitative estimate of drug-likeness (QED) is 0.500. The number of benzene rings is 1. The Morgan fingerprint density at radius 1 is 1.15 bits per heavy atom. The minimum Gasteiger partial charge on any atom is -0.493 e. The highest BCUT2D eigenvalue weighted by atomic mass is 35.5. The van der Waals surface area contributed by atoms with Crippen LogP contribution in [0.2, 0.25) is 5.02 Å². The molecule has 2 aromatic heterocycles. The van der Waals surface area contributed by atoms with Crippen LogP contribution in [0, 0.1) is 0 Å². The Kier molecular flexibility index (Phi) is 4.98. The maximum absolute atomic E-state index is 12.3. The molecule has 0 radical (unpaired) electrons. The van der Waals surface area contributed by atoms with Crippen LogP contribution in [0.25, 0.3) is 0 Å². The first-order valence-electron chi connectivity index (χ1n) is 7.23. The molecule has 4 N–H and O–H groups in total. The lowest BCUT2D eigenvalue weighted by molar-refractivity contribution is 0.447. The number of pyridine rings is 1. The Bertz CT molecular complexity index is 1060. The number of hydrogen-bond donors (Lipinski definition) is 4. The number of H-pyrrole nitrogens is 2. The summed E-state index contributed by atoms with van der Waals surface area (Å²) in [4.78, 5) is 19.4. The van der Waals surface area contributed by atoms with Crippen LogP contribution in [0.4, 0.5) is 0 Å². The predicted octanol–water partition coefficient (Wildman–Crippen LogP) is 1.73. The van der Waals surface area contributed by atoms with Crippen molar-refractivity contribution >= 4 is 21.6 Å². The minimum absolute atomic E-state index is 0.00807. The third-order valence-electron chi connectivity index (χ3n) is 3.28. The molecule has 0 spiro atoms. The van der Waals surface area contributed by atoms with Crippen LogP contribution >= 0.6 is 11.6 Å². The summed E-state index contributed by atoms with van der Waals surface area (Å²) in [6, 6.07) is 8.85. The monoisotopic (exact) mass is 396 g/mol. The van der Waals surface area contributed by atoms with E-state index in [1.54, 1.807) is 12.1 Å². The van der Waals surface area contributed by atoms with Crippen molar-refractivity contribution in [1.82, 2.24) is 19.7 Å². The lowest BCUT2D eigenvalue weighted by Crippen LogP contribution is -2.23. The number of nitrogens with one attached hydrogen (secondary N) is 3. The molecule has 136 valence electrons. The highest BCUT2D eigenvalue weighted by molar-refractivity contribution is 7.89. The third-order valence-corrected chi connectivity index (χ3v) is 4.92. The predicted molar refractivity (Wildman–Crippen MR) is 92.9 cm³/mol. The zero-order valence-corrected chi connectivity index (χ0v) is 14.6. The van der Waals surface area contributed by atoms with Crippen molar-refractivity contribution in [3.63, 3.8) is 0 Å². The fraction of sp³-hybridized carbons (Fsp3) is 0.0667. The summed E-state index contributed by atoms with van der Waals surface area (Å²) in [6.07, 6.45) is 1.43. The number of aromatic nitrogens is 3. The van der Waals surface area contributed by atoms with E-state index in [9.17, 15) is 18.3 Å². The molecule has 0 aliphatic carbocycles. The van der Waals surface area contributed by atoms with Crippen LogP contribution in [-0.4, -0.2) is 28.5 Å². The largest absolute Gasteiger partial charge is 0.493 e. The molecule has 3 rings (SSSR count). The summed E-state index contributed by atoms with van der Waals surface area (Å²) in [5.74, 6) is 0.290. The van der Waals surface area contributed by atoms with Gasteiger partial charge in [0, 0.05) is 12.3 Å². The average Bonchev–Trinajstić information content (AvgIpc) is 2.93. The minimum atomic E-state index is -3.85. The summed E-state index contributed by atoms with van der Waals surface area (Å²) in [6.45, 7) is -0.278. The van der Waals surface area contributed by atoms with E-state index in [-0.39, 0.29) is 17.1 Å². The fourth-order valence-corrected chi connectivity index (χ4v) is 3.13. The van der Waals surface area contributed by atoms with Crippen LogP contribution in [0.3, 0.4) is 0 Å². The van der Waals surface area contributed by atoms with Gasteiger partial charge in [0.25, 0.3) is 0 Å². The zero-order chi connectivity index (χ0) is 18.7. The van der Waals surface area contributed by atoms with Gasteiger partial charge in [0.15, 0.2) is 0 Å². The maximum atomic E-state index is 12.3. The van der Waals surface area contributed by atoms with Crippen molar-refractivity contribution in [3.05, 3.63) is 63.8 Å². The van der Waals surface area contributed by atoms with E-state index in [0.717, 1.165) is 0 Å².